The maximum atomic E-state index is 11.7. The van der Waals surface area contributed by atoms with Crippen LogP contribution in [0.1, 0.15) is 6.92 Å². The van der Waals surface area contributed by atoms with Crippen molar-refractivity contribution < 1.29 is 23.1 Å². The highest BCUT2D eigenvalue weighted by Gasteiger charge is 2.26. The summed E-state index contributed by atoms with van der Waals surface area (Å²) in [6.45, 7) is 0.453. The zero-order valence-electron chi connectivity index (χ0n) is 8.47. The smallest absolute Gasteiger partial charge is 0.395 e. The van der Waals surface area contributed by atoms with Crippen LogP contribution in [-0.4, -0.2) is 54.9 Å². The fourth-order valence-corrected chi connectivity index (χ4v) is 1.00. The van der Waals surface area contributed by atoms with Crippen molar-refractivity contribution in [2.45, 2.75) is 13.1 Å². The van der Waals surface area contributed by atoms with E-state index in [1.807, 2.05) is 5.32 Å². The van der Waals surface area contributed by atoms with Crippen molar-refractivity contribution in [1.29, 1.82) is 0 Å². The SMILES string of the molecule is CCN(CCO)C(=O)CNCC(F)(F)F. The molecule has 4 nitrogen and oxygen atoms in total. The molecule has 0 aliphatic carbocycles. The maximum Gasteiger partial charge on any atom is 0.401 e. The van der Waals surface area contributed by atoms with Gasteiger partial charge < -0.3 is 15.3 Å². The Labute approximate surface area is 86.1 Å². The van der Waals surface area contributed by atoms with Crippen molar-refractivity contribution in [3.8, 4) is 0 Å². The van der Waals surface area contributed by atoms with Crippen LogP contribution in [0, 0.1) is 0 Å². The molecule has 0 fully saturated rings. The number of halogens is 3. The predicted octanol–water partition coefficient (Wildman–Crippen LogP) is -0.0209. The summed E-state index contributed by atoms with van der Waals surface area (Å²) in [4.78, 5) is 12.5. The maximum absolute atomic E-state index is 11.7. The number of likely N-dealkylation sites (N-methyl/N-ethyl adjacent to an activating group) is 1. The standard InChI is InChI=1S/C8H15F3N2O2/c1-2-13(3-4-14)7(15)5-12-6-8(9,10)11/h12,14H,2-6H2,1H3. The second-order valence-electron chi connectivity index (χ2n) is 2.92. The van der Waals surface area contributed by atoms with Gasteiger partial charge in [0.1, 0.15) is 0 Å². The Morgan fingerprint density at radius 1 is 1.47 bits per heavy atom. The molecule has 0 bridgehead atoms. The molecule has 0 radical (unpaired) electrons. The molecule has 1 amide bonds. The summed E-state index contributed by atoms with van der Waals surface area (Å²) in [5, 5.41) is 10.6. The first-order valence-corrected chi connectivity index (χ1v) is 4.56. The molecule has 7 heteroatoms. The number of rotatable bonds is 6. The third-order valence-electron chi connectivity index (χ3n) is 1.71. The molecule has 0 aromatic heterocycles. The van der Waals surface area contributed by atoms with Crippen molar-refractivity contribution >= 4 is 5.91 Å². The fraction of sp³-hybridized carbons (Fsp3) is 0.875. The van der Waals surface area contributed by atoms with Crippen LogP contribution in [0.4, 0.5) is 13.2 Å². The number of nitrogens with zero attached hydrogens (tertiary/aromatic N) is 1. The van der Waals surface area contributed by atoms with Crippen LogP contribution in [-0.2, 0) is 4.79 Å². The fourth-order valence-electron chi connectivity index (χ4n) is 1.00. The van der Waals surface area contributed by atoms with E-state index in [0.29, 0.717) is 6.54 Å². The van der Waals surface area contributed by atoms with Crippen molar-refractivity contribution in [1.82, 2.24) is 10.2 Å². The lowest BCUT2D eigenvalue weighted by molar-refractivity contribution is -0.134. The lowest BCUT2D eigenvalue weighted by Gasteiger charge is -2.20. The number of nitrogens with one attached hydrogen (secondary N) is 1. The highest BCUT2D eigenvalue weighted by atomic mass is 19.4. The summed E-state index contributed by atoms with van der Waals surface area (Å²) in [5.41, 5.74) is 0. The van der Waals surface area contributed by atoms with Crippen LogP contribution < -0.4 is 5.32 Å². The molecular weight excluding hydrogens is 213 g/mol. The number of aliphatic hydroxyl groups is 1. The van der Waals surface area contributed by atoms with Gasteiger partial charge in [0.05, 0.1) is 19.7 Å². The molecule has 0 rings (SSSR count). The zero-order chi connectivity index (χ0) is 11.9. The van der Waals surface area contributed by atoms with Crippen LogP contribution in [0.5, 0.6) is 0 Å². The minimum Gasteiger partial charge on any atom is -0.395 e. The number of hydrogen-bond acceptors (Lipinski definition) is 3. The van der Waals surface area contributed by atoms with Crippen molar-refractivity contribution in [2.24, 2.45) is 0 Å². The van der Waals surface area contributed by atoms with E-state index in [0.717, 1.165) is 0 Å². The van der Waals surface area contributed by atoms with Gasteiger partial charge in [0, 0.05) is 13.1 Å². The molecule has 0 aliphatic heterocycles. The topological polar surface area (TPSA) is 52.6 Å². The Morgan fingerprint density at radius 3 is 2.47 bits per heavy atom. The van der Waals surface area contributed by atoms with Gasteiger partial charge in [0.25, 0.3) is 0 Å². The summed E-state index contributed by atoms with van der Waals surface area (Å²) in [6.07, 6.45) is -4.31. The third kappa shape index (κ3) is 7.15. The number of hydrogen-bond donors (Lipinski definition) is 2. The molecule has 15 heavy (non-hydrogen) atoms. The predicted molar refractivity (Wildman–Crippen MR) is 48.3 cm³/mol. The van der Waals surface area contributed by atoms with Gasteiger partial charge >= 0.3 is 6.18 Å². The second kappa shape index (κ2) is 6.62. The number of alkyl halides is 3. The van der Waals surface area contributed by atoms with E-state index in [2.05, 4.69) is 0 Å². The van der Waals surface area contributed by atoms with Gasteiger partial charge in [-0.1, -0.05) is 0 Å². The molecule has 0 aromatic rings. The second-order valence-corrected chi connectivity index (χ2v) is 2.92. The van der Waals surface area contributed by atoms with Gasteiger partial charge in [-0.3, -0.25) is 4.79 Å². The molecular formula is C8H15F3N2O2. The van der Waals surface area contributed by atoms with Crippen molar-refractivity contribution in [2.75, 3.05) is 32.8 Å². The molecule has 90 valence electrons. The molecule has 2 N–H and O–H groups in total. The summed E-state index contributed by atoms with van der Waals surface area (Å²) in [7, 11) is 0. The summed E-state index contributed by atoms with van der Waals surface area (Å²) in [6, 6.07) is 0. The van der Waals surface area contributed by atoms with E-state index >= 15 is 0 Å². The first-order valence-electron chi connectivity index (χ1n) is 4.56. The molecule has 0 heterocycles. The highest BCUT2D eigenvalue weighted by Crippen LogP contribution is 2.11. The Bertz CT molecular complexity index is 197. The van der Waals surface area contributed by atoms with Crippen molar-refractivity contribution in [3.63, 3.8) is 0 Å². The zero-order valence-corrected chi connectivity index (χ0v) is 8.47. The number of amides is 1. The Kier molecular flexibility index (Phi) is 6.26. The third-order valence-corrected chi connectivity index (χ3v) is 1.71. The Hall–Kier alpha value is -0.820. The molecule has 0 spiro atoms. The summed E-state index contributed by atoms with van der Waals surface area (Å²) < 4.78 is 35.1. The van der Waals surface area contributed by atoms with Crippen LogP contribution in [0.2, 0.25) is 0 Å². The molecule has 0 unspecified atom stereocenters. The van der Waals surface area contributed by atoms with E-state index < -0.39 is 18.6 Å². The van der Waals surface area contributed by atoms with Crippen LogP contribution in [0.3, 0.4) is 0 Å². The average Bonchev–Trinajstić information content (AvgIpc) is 2.11. The van der Waals surface area contributed by atoms with Crippen molar-refractivity contribution in [3.05, 3.63) is 0 Å². The molecule has 0 saturated carbocycles. The minimum absolute atomic E-state index is 0.142. The van der Waals surface area contributed by atoms with Gasteiger partial charge in [-0.2, -0.15) is 13.2 Å². The van der Waals surface area contributed by atoms with E-state index in [4.69, 9.17) is 5.11 Å². The molecule has 0 aromatic carbocycles. The lowest BCUT2D eigenvalue weighted by atomic mass is 10.4. The summed E-state index contributed by atoms with van der Waals surface area (Å²) in [5.74, 6) is -0.448. The van der Waals surface area contributed by atoms with Gasteiger partial charge in [-0.05, 0) is 6.92 Å². The normalized spacial score (nSPS) is 11.5. The molecule has 0 aliphatic rings. The first-order chi connectivity index (χ1) is 6.90. The number of carbonyl (C=O) groups excluding carboxylic acids is 1. The Balaban J connectivity index is 3.81. The number of carbonyl (C=O) groups is 1. The van der Waals surface area contributed by atoms with E-state index in [-0.39, 0.29) is 19.7 Å². The monoisotopic (exact) mass is 228 g/mol. The van der Waals surface area contributed by atoms with E-state index in [1.165, 1.54) is 4.90 Å². The van der Waals surface area contributed by atoms with Gasteiger partial charge in [-0.15, -0.1) is 0 Å². The van der Waals surface area contributed by atoms with Gasteiger partial charge in [0.15, 0.2) is 0 Å². The van der Waals surface area contributed by atoms with Gasteiger partial charge in [-0.25, -0.2) is 0 Å². The first kappa shape index (κ1) is 14.2. The highest BCUT2D eigenvalue weighted by molar-refractivity contribution is 5.78. The molecule has 0 atom stereocenters. The van der Waals surface area contributed by atoms with E-state index in [9.17, 15) is 18.0 Å². The Morgan fingerprint density at radius 2 is 2.07 bits per heavy atom. The number of aliphatic hydroxyl groups excluding tert-OH is 1. The van der Waals surface area contributed by atoms with Gasteiger partial charge in [0.2, 0.25) is 5.91 Å². The van der Waals surface area contributed by atoms with Crippen LogP contribution >= 0.6 is 0 Å². The average molecular weight is 228 g/mol. The summed E-state index contributed by atoms with van der Waals surface area (Å²) >= 11 is 0. The largest absolute Gasteiger partial charge is 0.401 e. The van der Waals surface area contributed by atoms with E-state index in [1.54, 1.807) is 6.92 Å². The lowest BCUT2D eigenvalue weighted by Crippen LogP contribution is -2.41. The minimum atomic E-state index is -4.31. The quantitative estimate of drug-likeness (QED) is 0.671. The van der Waals surface area contributed by atoms with Crippen LogP contribution in [0.25, 0.3) is 0 Å². The van der Waals surface area contributed by atoms with Crippen LogP contribution in [0.15, 0.2) is 0 Å². The molecule has 0 saturated heterocycles.